The van der Waals surface area contributed by atoms with Crippen LogP contribution in [0, 0.1) is 0 Å². The van der Waals surface area contributed by atoms with E-state index in [0.717, 1.165) is 0 Å². The molecule has 0 aliphatic heterocycles. The van der Waals surface area contributed by atoms with E-state index in [0.29, 0.717) is 22.1 Å². The topological polar surface area (TPSA) is 72.4 Å². The van der Waals surface area contributed by atoms with Crippen LogP contribution in [-0.4, -0.2) is 30.0 Å². The summed E-state index contributed by atoms with van der Waals surface area (Å²) in [6.07, 6.45) is 3.68. The van der Waals surface area contributed by atoms with Gasteiger partial charge in [-0.1, -0.05) is 29.8 Å². The molecule has 0 aliphatic carbocycles. The number of nitrogens with one attached hydrogen (secondary N) is 2. The van der Waals surface area contributed by atoms with Crippen molar-refractivity contribution in [2.75, 3.05) is 19.0 Å². The normalized spacial score (nSPS) is 10.3. The van der Waals surface area contributed by atoms with Crippen molar-refractivity contribution in [3.05, 3.63) is 77.6 Å². The molecule has 2 aromatic carbocycles. The third-order valence-corrected chi connectivity index (χ3v) is 4.17. The van der Waals surface area contributed by atoms with Crippen LogP contribution in [0.4, 0.5) is 5.69 Å². The number of benzene rings is 2. The van der Waals surface area contributed by atoms with Crippen LogP contribution in [0.1, 0.15) is 10.4 Å². The van der Waals surface area contributed by atoms with Gasteiger partial charge in [-0.15, -0.1) is 0 Å². The number of carbonyl (C=O) groups is 2. The van der Waals surface area contributed by atoms with E-state index in [4.69, 9.17) is 16.3 Å². The molecule has 0 fully saturated rings. The molecular formula is C20H18ClN3O3. The van der Waals surface area contributed by atoms with Crippen LogP contribution in [-0.2, 0) is 4.79 Å². The van der Waals surface area contributed by atoms with Gasteiger partial charge in [0.25, 0.3) is 5.91 Å². The van der Waals surface area contributed by atoms with Crippen LogP contribution >= 0.6 is 11.6 Å². The molecule has 3 rings (SSSR count). The summed E-state index contributed by atoms with van der Waals surface area (Å²) >= 11 is 6.33. The molecule has 0 bridgehead atoms. The Bertz CT molecular complexity index is 941. The molecule has 6 nitrogen and oxygen atoms in total. The first-order valence-electron chi connectivity index (χ1n) is 8.22. The molecule has 0 saturated carbocycles. The number of halogens is 1. The van der Waals surface area contributed by atoms with Gasteiger partial charge in [0.15, 0.2) is 0 Å². The molecule has 1 heterocycles. The fourth-order valence-corrected chi connectivity index (χ4v) is 2.83. The Morgan fingerprint density at radius 3 is 2.44 bits per heavy atom. The summed E-state index contributed by atoms with van der Waals surface area (Å²) in [6.45, 7) is -0.173. The highest BCUT2D eigenvalue weighted by molar-refractivity contribution is 6.33. The molecule has 1 aromatic heterocycles. The average Bonchev–Trinajstić information content (AvgIpc) is 3.21. The Labute approximate surface area is 161 Å². The second-order valence-corrected chi connectivity index (χ2v) is 6.10. The van der Waals surface area contributed by atoms with E-state index < -0.39 is 5.91 Å². The number of hydrogen-bond donors (Lipinski definition) is 2. The zero-order valence-electron chi connectivity index (χ0n) is 14.6. The predicted octanol–water partition coefficient (Wildman–Crippen LogP) is 3.51. The molecule has 0 radical (unpaired) electrons. The molecule has 0 aliphatic rings. The monoisotopic (exact) mass is 383 g/mol. The lowest BCUT2D eigenvalue weighted by Gasteiger charge is -2.13. The summed E-state index contributed by atoms with van der Waals surface area (Å²) in [5, 5.41) is 5.68. The fraction of sp³-hybridized carbons (Fsp3) is 0.100. The zero-order valence-corrected chi connectivity index (χ0v) is 15.4. The first-order valence-corrected chi connectivity index (χ1v) is 8.60. The summed E-state index contributed by atoms with van der Waals surface area (Å²) in [4.78, 5) is 24.5. The number of aromatic nitrogens is 1. The van der Waals surface area contributed by atoms with E-state index in [1.165, 1.54) is 13.2 Å². The Balaban J connectivity index is 1.71. The van der Waals surface area contributed by atoms with Crippen molar-refractivity contribution >= 4 is 29.1 Å². The van der Waals surface area contributed by atoms with Crippen molar-refractivity contribution in [2.24, 2.45) is 0 Å². The van der Waals surface area contributed by atoms with Crippen LogP contribution in [0.25, 0.3) is 5.69 Å². The zero-order chi connectivity index (χ0) is 19.2. The van der Waals surface area contributed by atoms with Crippen LogP contribution in [0.2, 0.25) is 5.02 Å². The summed E-state index contributed by atoms with van der Waals surface area (Å²) < 4.78 is 7.15. The average molecular weight is 384 g/mol. The lowest BCUT2D eigenvalue weighted by Crippen LogP contribution is -2.33. The molecule has 138 valence electrons. The van der Waals surface area contributed by atoms with Gasteiger partial charge in [0, 0.05) is 24.1 Å². The van der Waals surface area contributed by atoms with Gasteiger partial charge in [-0.25, -0.2) is 0 Å². The number of carbonyl (C=O) groups excluding carboxylic acids is 2. The molecular weight excluding hydrogens is 366 g/mol. The molecule has 27 heavy (non-hydrogen) atoms. The van der Waals surface area contributed by atoms with Crippen molar-refractivity contribution < 1.29 is 14.3 Å². The number of ether oxygens (including phenoxy) is 1. The van der Waals surface area contributed by atoms with Crippen LogP contribution in [0.5, 0.6) is 5.75 Å². The van der Waals surface area contributed by atoms with Gasteiger partial charge in [0.2, 0.25) is 5.91 Å². The number of nitrogens with zero attached hydrogens (tertiary/aromatic N) is 1. The van der Waals surface area contributed by atoms with E-state index in [1.807, 2.05) is 47.3 Å². The first-order chi connectivity index (χ1) is 13.1. The van der Waals surface area contributed by atoms with Crippen LogP contribution < -0.4 is 15.4 Å². The number of amides is 2. The summed E-state index contributed by atoms with van der Waals surface area (Å²) in [5.74, 6) is -0.413. The smallest absolute Gasteiger partial charge is 0.255 e. The summed E-state index contributed by atoms with van der Waals surface area (Å²) in [7, 11) is 1.47. The highest BCUT2D eigenvalue weighted by atomic mass is 35.5. The quantitative estimate of drug-likeness (QED) is 0.684. The Morgan fingerprint density at radius 1 is 1.07 bits per heavy atom. The standard InChI is InChI=1S/C20H18ClN3O3/c1-27-18-12-17(24-9-5-6-10-24)16(21)11-15(18)20(26)22-13-19(25)23-14-7-3-2-4-8-14/h2-12H,13H2,1H3,(H,22,26)(H,23,25). The lowest BCUT2D eigenvalue weighted by molar-refractivity contribution is -0.115. The first kappa shape index (κ1) is 18.5. The van der Waals surface area contributed by atoms with Crippen molar-refractivity contribution in [3.63, 3.8) is 0 Å². The lowest BCUT2D eigenvalue weighted by atomic mass is 10.1. The molecule has 0 atom stereocenters. The van der Waals surface area contributed by atoms with Crippen LogP contribution in [0.3, 0.4) is 0 Å². The van der Waals surface area contributed by atoms with E-state index in [-0.39, 0.29) is 18.0 Å². The minimum Gasteiger partial charge on any atom is -0.496 e. The van der Waals surface area contributed by atoms with Crippen molar-refractivity contribution in [3.8, 4) is 11.4 Å². The number of rotatable bonds is 6. The third-order valence-electron chi connectivity index (χ3n) is 3.86. The van der Waals surface area contributed by atoms with Crippen molar-refractivity contribution in [2.45, 2.75) is 0 Å². The van der Waals surface area contributed by atoms with Gasteiger partial charge >= 0.3 is 0 Å². The van der Waals surface area contributed by atoms with Gasteiger partial charge in [-0.2, -0.15) is 0 Å². The molecule has 7 heteroatoms. The molecule has 0 spiro atoms. The van der Waals surface area contributed by atoms with E-state index >= 15 is 0 Å². The van der Waals surface area contributed by atoms with Crippen molar-refractivity contribution in [1.82, 2.24) is 9.88 Å². The molecule has 2 amide bonds. The number of methoxy groups -OCH3 is 1. The van der Waals surface area contributed by atoms with Gasteiger partial charge in [-0.05, 0) is 30.3 Å². The van der Waals surface area contributed by atoms with Gasteiger partial charge in [0.05, 0.1) is 29.9 Å². The van der Waals surface area contributed by atoms with E-state index in [2.05, 4.69) is 10.6 Å². The molecule has 2 N–H and O–H groups in total. The second kappa shape index (κ2) is 8.42. The Hall–Kier alpha value is -3.25. The minimum atomic E-state index is -0.448. The van der Waals surface area contributed by atoms with E-state index in [9.17, 15) is 9.59 Å². The number of para-hydroxylation sites is 1. The molecule has 0 unspecified atom stereocenters. The molecule has 3 aromatic rings. The number of anilines is 1. The van der Waals surface area contributed by atoms with Gasteiger partial charge in [-0.3, -0.25) is 9.59 Å². The molecule has 0 saturated heterocycles. The third kappa shape index (κ3) is 4.48. The number of hydrogen-bond acceptors (Lipinski definition) is 3. The Kier molecular flexibility index (Phi) is 5.78. The van der Waals surface area contributed by atoms with Crippen molar-refractivity contribution in [1.29, 1.82) is 0 Å². The minimum absolute atomic E-state index is 0.173. The van der Waals surface area contributed by atoms with Gasteiger partial charge in [0.1, 0.15) is 5.75 Å². The highest BCUT2D eigenvalue weighted by Crippen LogP contribution is 2.29. The SMILES string of the molecule is COc1cc(-n2cccc2)c(Cl)cc1C(=O)NCC(=O)Nc1ccccc1. The Morgan fingerprint density at radius 2 is 1.78 bits per heavy atom. The second-order valence-electron chi connectivity index (χ2n) is 5.69. The van der Waals surface area contributed by atoms with Crippen LogP contribution in [0.15, 0.2) is 67.0 Å². The summed E-state index contributed by atoms with van der Waals surface area (Å²) in [5.41, 5.74) is 1.61. The highest BCUT2D eigenvalue weighted by Gasteiger charge is 2.17. The van der Waals surface area contributed by atoms with Gasteiger partial charge < -0.3 is 19.9 Å². The van der Waals surface area contributed by atoms with E-state index in [1.54, 1.807) is 18.2 Å². The maximum atomic E-state index is 12.5. The maximum Gasteiger partial charge on any atom is 0.255 e. The largest absolute Gasteiger partial charge is 0.496 e. The predicted molar refractivity (Wildman–Crippen MR) is 105 cm³/mol. The summed E-state index contributed by atoms with van der Waals surface area (Å²) in [6, 6.07) is 16.0. The fourth-order valence-electron chi connectivity index (χ4n) is 2.56. The maximum absolute atomic E-state index is 12.5.